The molecule has 3 aromatic rings. The Morgan fingerprint density at radius 1 is 1.14 bits per heavy atom. The van der Waals surface area contributed by atoms with Crippen LogP contribution in [0.25, 0.3) is 5.69 Å². The number of carbonyl (C=O) groups is 1. The Morgan fingerprint density at radius 3 is 2.50 bits per heavy atom. The second-order valence-electron chi connectivity index (χ2n) is 7.78. The van der Waals surface area contributed by atoms with Crippen LogP contribution >= 0.6 is 0 Å². The third-order valence-corrected chi connectivity index (χ3v) is 5.49. The zero-order chi connectivity index (χ0) is 20.5. The first-order valence-electron chi connectivity index (χ1n) is 9.07. The lowest BCUT2D eigenvalue weighted by Crippen LogP contribution is -2.36. The van der Waals surface area contributed by atoms with Gasteiger partial charge in [0.05, 0.1) is 22.7 Å². The van der Waals surface area contributed by atoms with Crippen molar-refractivity contribution in [3.8, 4) is 5.69 Å². The van der Waals surface area contributed by atoms with Gasteiger partial charge in [0.15, 0.2) is 0 Å². The summed E-state index contributed by atoms with van der Waals surface area (Å²) in [6.07, 6.45) is 5.04. The second kappa shape index (κ2) is 7.81. The Balaban J connectivity index is 2.03. The van der Waals surface area contributed by atoms with Gasteiger partial charge in [-0.05, 0) is 53.8 Å². The standard InChI is InChI=1S/C22H25N3O2S/c1-16-10-11-17(14-20(16)24-13-7-12-23-24)21(26)25(28(5)27)19-9-6-8-18(15-19)22(2,3)4/h6-15H,1-5H3/t28-/m1/s1. The van der Waals surface area contributed by atoms with E-state index in [-0.39, 0.29) is 11.3 Å². The van der Waals surface area contributed by atoms with Crippen molar-refractivity contribution in [1.29, 1.82) is 0 Å². The van der Waals surface area contributed by atoms with Crippen LogP contribution in [0.15, 0.2) is 60.9 Å². The number of rotatable bonds is 4. The molecule has 0 aliphatic heterocycles. The number of aryl methyl sites for hydroxylation is 1. The normalized spacial score (nSPS) is 12.6. The topological polar surface area (TPSA) is 61.2 Å². The molecular formula is C22H25N3O2S. The molecule has 1 amide bonds. The van der Waals surface area contributed by atoms with E-state index in [0.717, 1.165) is 16.8 Å². The van der Waals surface area contributed by atoms with Crippen LogP contribution in [0.2, 0.25) is 0 Å². The molecule has 0 aliphatic rings. The zero-order valence-electron chi connectivity index (χ0n) is 16.8. The Bertz CT molecular complexity index is 976. The van der Waals surface area contributed by atoms with E-state index in [4.69, 9.17) is 0 Å². The highest BCUT2D eigenvalue weighted by Gasteiger charge is 2.28. The highest BCUT2D eigenvalue weighted by atomic mass is 32.2. The van der Waals surface area contributed by atoms with Gasteiger partial charge >= 0.3 is 0 Å². The van der Waals surface area contributed by atoms with Crippen LogP contribution in [0, 0.1) is 6.92 Å². The molecule has 0 spiro atoms. The van der Waals surface area contributed by atoms with E-state index < -0.39 is 11.4 Å². The van der Waals surface area contributed by atoms with Gasteiger partial charge in [-0.25, -0.2) is 4.68 Å². The van der Waals surface area contributed by atoms with Gasteiger partial charge in [0.1, 0.15) is 6.26 Å². The minimum atomic E-state index is -1.51. The van der Waals surface area contributed by atoms with E-state index in [1.807, 2.05) is 49.5 Å². The maximum absolute atomic E-state index is 13.3. The van der Waals surface area contributed by atoms with E-state index in [1.54, 1.807) is 23.0 Å². The minimum Gasteiger partial charge on any atom is -0.593 e. The lowest BCUT2D eigenvalue weighted by atomic mass is 9.87. The summed E-state index contributed by atoms with van der Waals surface area (Å²) in [6.45, 7) is 8.29. The Kier molecular flexibility index (Phi) is 5.63. The van der Waals surface area contributed by atoms with Crippen molar-refractivity contribution in [2.75, 3.05) is 10.6 Å². The van der Waals surface area contributed by atoms with Crippen LogP contribution in [0.4, 0.5) is 5.69 Å². The van der Waals surface area contributed by atoms with Crippen LogP contribution in [-0.2, 0) is 16.8 Å². The van der Waals surface area contributed by atoms with Crippen LogP contribution in [-0.4, -0.2) is 26.5 Å². The van der Waals surface area contributed by atoms with Crippen molar-refractivity contribution in [2.24, 2.45) is 0 Å². The van der Waals surface area contributed by atoms with E-state index in [0.29, 0.717) is 11.3 Å². The number of hydrogen-bond donors (Lipinski definition) is 0. The van der Waals surface area contributed by atoms with E-state index in [2.05, 4.69) is 25.9 Å². The molecule has 0 bridgehead atoms. The second-order valence-corrected chi connectivity index (χ2v) is 8.99. The summed E-state index contributed by atoms with van der Waals surface area (Å²) >= 11 is -1.51. The van der Waals surface area contributed by atoms with Crippen molar-refractivity contribution in [2.45, 2.75) is 33.1 Å². The molecule has 0 N–H and O–H groups in total. The van der Waals surface area contributed by atoms with E-state index >= 15 is 0 Å². The number of carbonyl (C=O) groups excluding carboxylic acids is 1. The lowest BCUT2D eigenvalue weighted by Gasteiger charge is -2.25. The third-order valence-electron chi connectivity index (χ3n) is 4.60. The van der Waals surface area contributed by atoms with Crippen LogP contribution in [0.5, 0.6) is 0 Å². The van der Waals surface area contributed by atoms with Crippen LogP contribution < -0.4 is 4.31 Å². The van der Waals surface area contributed by atoms with Crippen LogP contribution in [0.3, 0.4) is 0 Å². The molecule has 1 aromatic heterocycles. The number of aromatic nitrogens is 2. The Labute approximate surface area is 169 Å². The molecule has 0 fully saturated rings. The summed E-state index contributed by atoms with van der Waals surface area (Å²) in [4.78, 5) is 13.3. The molecule has 3 rings (SSSR count). The highest BCUT2D eigenvalue weighted by Crippen LogP contribution is 2.29. The first-order chi connectivity index (χ1) is 13.2. The summed E-state index contributed by atoms with van der Waals surface area (Å²) < 4.78 is 15.6. The number of benzene rings is 2. The maximum atomic E-state index is 13.3. The van der Waals surface area contributed by atoms with Crippen molar-refractivity contribution in [1.82, 2.24) is 9.78 Å². The Morgan fingerprint density at radius 2 is 1.89 bits per heavy atom. The number of anilines is 1. The molecule has 5 nitrogen and oxygen atoms in total. The van der Waals surface area contributed by atoms with Gasteiger partial charge in [-0.1, -0.05) is 39.0 Å². The molecule has 6 heteroatoms. The molecule has 28 heavy (non-hydrogen) atoms. The molecule has 0 radical (unpaired) electrons. The predicted octanol–water partition coefficient (Wildman–Crippen LogP) is 4.42. The maximum Gasteiger partial charge on any atom is 0.300 e. The first kappa shape index (κ1) is 20.2. The molecule has 0 aliphatic carbocycles. The minimum absolute atomic E-state index is 0.0723. The number of amides is 1. The van der Waals surface area contributed by atoms with E-state index in [9.17, 15) is 9.35 Å². The van der Waals surface area contributed by atoms with Crippen molar-refractivity contribution >= 4 is 23.0 Å². The predicted molar refractivity (Wildman–Crippen MR) is 114 cm³/mol. The van der Waals surface area contributed by atoms with Crippen molar-refractivity contribution < 1.29 is 9.35 Å². The zero-order valence-corrected chi connectivity index (χ0v) is 17.7. The van der Waals surface area contributed by atoms with Gasteiger partial charge in [-0.3, -0.25) is 4.79 Å². The summed E-state index contributed by atoms with van der Waals surface area (Å²) in [5, 5.41) is 4.26. The van der Waals surface area contributed by atoms with Crippen LogP contribution in [0.1, 0.15) is 42.3 Å². The fourth-order valence-corrected chi connectivity index (χ4v) is 3.75. The summed E-state index contributed by atoms with van der Waals surface area (Å²) in [7, 11) is 0. The largest absolute Gasteiger partial charge is 0.593 e. The van der Waals surface area contributed by atoms with Gasteiger partial charge < -0.3 is 4.55 Å². The first-order valence-corrected chi connectivity index (χ1v) is 10.6. The van der Waals surface area contributed by atoms with Gasteiger partial charge in [0.2, 0.25) is 0 Å². The SMILES string of the molecule is Cc1ccc(C(=O)N(c2cccc(C(C)(C)C)c2)[S@@+](C)[O-])cc1-n1cccn1. The molecule has 1 heterocycles. The third kappa shape index (κ3) is 4.13. The Hall–Kier alpha value is -2.57. The summed E-state index contributed by atoms with van der Waals surface area (Å²) in [6, 6.07) is 14.9. The lowest BCUT2D eigenvalue weighted by molar-refractivity contribution is 0.101. The number of hydrogen-bond acceptors (Lipinski definition) is 3. The average Bonchev–Trinajstić information content (AvgIpc) is 3.16. The highest BCUT2D eigenvalue weighted by molar-refractivity contribution is 7.92. The molecule has 0 saturated carbocycles. The summed E-state index contributed by atoms with van der Waals surface area (Å²) in [5.41, 5.74) is 3.92. The molecule has 0 saturated heterocycles. The summed E-state index contributed by atoms with van der Waals surface area (Å²) in [5.74, 6) is -0.305. The molecule has 146 valence electrons. The quantitative estimate of drug-likeness (QED) is 0.615. The van der Waals surface area contributed by atoms with Gasteiger partial charge in [0, 0.05) is 18.0 Å². The molecule has 2 aromatic carbocycles. The molecule has 1 atom stereocenters. The monoisotopic (exact) mass is 395 g/mol. The fourth-order valence-electron chi connectivity index (χ4n) is 3.00. The smallest absolute Gasteiger partial charge is 0.300 e. The van der Waals surface area contributed by atoms with Gasteiger partial charge in [-0.2, -0.15) is 5.10 Å². The average molecular weight is 396 g/mol. The van der Waals surface area contributed by atoms with Crippen molar-refractivity contribution in [3.63, 3.8) is 0 Å². The van der Waals surface area contributed by atoms with E-state index in [1.165, 1.54) is 10.6 Å². The van der Waals surface area contributed by atoms with Gasteiger partial charge in [-0.15, -0.1) is 4.31 Å². The molecule has 0 unspecified atom stereocenters. The molecular weight excluding hydrogens is 370 g/mol. The van der Waals surface area contributed by atoms with Gasteiger partial charge in [0.25, 0.3) is 5.91 Å². The number of nitrogens with zero attached hydrogens (tertiary/aromatic N) is 3. The fraction of sp³-hybridized carbons (Fsp3) is 0.273. The van der Waals surface area contributed by atoms with Crippen molar-refractivity contribution in [3.05, 3.63) is 77.6 Å².